The van der Waals surface area contributed by atoms with E-state index < -0.39 is 34.7 Å². The van der Waals surface area contributed by atoms with Crippen LogP contribution in [-0.4, -0.2) is 34.2 Å². The molecule has 0 atom stereocenters. The van der Waals surface area contributed by atoms with Crippen molar-refractivity contribution >= 4 is 11.7 Å². The van der Waals surface area contributed by atoms with E-state index >= 15 is 0 Å². The first-order valence-electron chi connectivity index (χ1n) is 10.1. The summed E-state index contributed by atoms with van der Waals surface area (Å²) in [6.07, 6.45) is 2.43. The van der Waals surface area contributed by atoms with Gasteiger partial charge in [-0.3, -0.25) is 9.59 Å². The standard InChI is InChI=1S/C24H21F3N2O2/c25-18-13-19(26)22(20(27)14-18)23(30)17-8-11-28(12-9-17)24(31)21-7-4-10-29(21)15-16-5-2-1-3-6-16/h1-7,10,13-14,17H,8-9,11-12,15H2. The summed E-state index contributed by atoms with van der Waals surface area (Å²) in [5.41, 5.74) is 0.910. The number of rotatable bonds is 5. The molecule has 31 heavy (non-hydrogen) atoms. The topological polar surface area (TPSA) is 42.3 Å². The summed E-state index contributed by atoms with van der Waals surface area (Å²) in [5, 5.41) is 0. The van der Waals surface area contributed by atoms with E-state index in [9.17, 15) is 22.8 Å². The van der Waals surface area contributed by atoms with E-state index in [4.69, 9.17) is 0 Å². The van der Waals surface area contributed by atoms with E-state index in [-0.39, 0.29) is 5.91 Å². The van der Waals surface area contributed by atoms with Gasteiger partial charge in [-0.15, -0.1) is 0 Å². The molecule has 2 aromatic carbocycles. The minimum Gasteiger partial charge on any atom is -0.339 e. The van der Waals surface area contributed by atoms with Crippen LogP contribution >= 0.6 is 0 Å². The highest BCUT2D eigenvalue weighted by molar-refractivity contribution is 5.99. The normalized spacial score (nSPS) is 14.6. The minimum atomic E-state index is -1.19. The average molecular weight is 426 g/mol. The van der Waals surface area contributed by atoms with Gasteiger partial charge in [-0.25, -0.2) is 13.2 Å². The Balaban J connectivity index is 1.42. The van der Waals surface area contributed by atoms with Gasteiger partial charge in [-0.1, -0.05) is 30.3 Å². The van der Waals surface area contributed by atoms with Gasteiger partial charge in [-0.05, 0) is 30.5 Å². The van der Waals surface area contributed by atoms with Crippen LogP contribution in [0.25, 0.3) is 0 Å². The molecule has 0 saturated carbocycles. The molecule has 4 rings (SSSR count). The van der Waals surface area contributed by atoms with Crippen molar-refractivity contribution in [2.75, 3.05) is 13.1 Å². The van der Waals surface area contributed by atoms with Crippen LogP contribution < -0.4 is 0 Å². The van der Waals surface area contributed by atoms with Crippen molar-refractivity contribution < 1.29 is 22.8 Å². The van der Waals surface area contributed by atoms with Crippen LogP contribution in [0.5, 0.6) is 0 Å². The molecule has 0 bridgehead atoms. The van der Waals surface area contributed by atoms with Crippen molar-refractivity contribution in [2.24, 2.45) is 5.92 Å². The molecule has 0 radical (unpaired) electrons. The molecule has 1 amide bonds. The number of hydrogen-bond acceptors (Lipinski definition) is 2. The Labute approximate surface area is 177 Å². The van der Waals surface area contributed by atoms with E-state index in [0.717, 1.165) is 5.56 Å². The van der Waals surface area contributed by atoms with Gasteiger partial charge in [0.1, 0.15) is 23.1 Å². The summed E-state index contributed by atoms with van der Waals surface area (Å²) < 4.78 is 42.9. The Morgan fingerprint density at radius 2 is 1.55 bits per heavy atom. The number of nitrogens with zero attached hydrogens (tertiary/aromatic N) is 2. The lowest BCUT2D eigenvalue weighted by atomic mass is 9.88. The fraction of sp³-hybridized carbons (Fsp3) is 0.250. The Kier molecular flexibility index (Phi) is 5.93. The Morgan fingerprint density at radius 3 is 2.19 bits per heavy atom. The maximum atomic E-state index is 14.0. The highest BCUT2D eigenvalue weighted by atomic mass is 19.1. The van der Waals surface area contributed by atoms with E-state index in [0.29, 0.717) is 50.3 Å². The second-order valence-corrected chi connectivity index (χ2v) is 7.68. The largest absolute Gasteiger partial charge is 0.339 e. The first kappa shape index (κ1) is 20.9. The number of amides is 1. The molecule has 1 aromatic heterocycles. The van der Waals surface area contributed by atoms with E-state index in [1.54, 1.807) is 11.0 Å². The van der Waals surface area contributed by atoms with Crippen LogP contribution in [-0.2, 0) is 6.54 Å². The second-order valence-electron chi connectivity index (χ2n) is 7.68. The van der Waals surface area contributed by atoms with Crippen molar-refractivity contribution in [3.8, 4) is 0 Å². The van der Waals surface area contributed by atoms with Gasteiger partial charge in [0.2, 0.25) is 0 Å². The zero-order valence-corrected chi connectivity index (χ0v) is 16.7. The predicted molar refractivity (Wildman–Crippen MR) is 109 cm³/mol. The number of hydrogen-bond donors (Lipinski definition) is 0. The molecule has 1 aliphatic heterocycles. The lowest BCUT2D eigenvalue weighted by Gasteiger charge is -2.31. The highest BCUT2D eigenvalue weighted by Crippen LogP contribution is 2.26. The van der Waals surface area contributed by atoms with Crippen molar-refractivity contribution in [3.05, 3.63) is 95.1 Å². The van der Waals surface area contributed by atoms with Crippen molar-refractivity contribution in [1.82, 2.24) is 9.47 Å². The van der Waals surface area contributed by atoms with Crippen molar-refractivity contribution in [3.63, 3.8) is 0 Å². The number of carbonyl (C=O) groups is 2. The van der Waals surface area contributed by atoms with Crippen molar-refractivity contribution in [1.29, 1.82) is 0 Å². The van der Waals surface area contributed by atoms with Crippen LogP contribution in [0.15, 0.2) is 60.8 Å². The van der Waals surface area contributed by atoms with E-state index in [2.05, 4.69) is 0 Å². The van der Waals surface area contributed by atoms with Crippen LogP contribution in [0.1, 0.15) is 39.3 Å². The van der Waals surface area contributed by atoms with Crippen molar-refractivity contribution in [2.45, 2.75) is 19.4 Å². The first-order chi connectivity index (χ1) is 14.9. The first-order valence-corrected chi connectivity index (χ1v) is 10.1. The number of likely N-dealkylation sites (tertiary alicyclic amines) is 1. The zero-order valence-electron chi connectivity index (χ0n) is 16.7. The minimum absolute atomic E-state index is 0.147. The monoisotopic (exact) mass is 426 g/mol. The smallest absolute Gasteiger partial charge is 0.270 e. The lowest BCUT2D eigenvalue weighted by Crippen LogP contribution is -2.41. The summed E-state index contributed by atoms with van der Waals surface area (Å²) in [6.45, 7) is 1.17. The third-order valence-electron chi connectivity index (χ3n) is 5.65. The molecule has 1 fully saturated rings. The number of ketones is 1. The maximum Gasteiger partial charge on any atom is 0.270 e. The number of piperidine rings is 1. The molecule has 0 aliphatic carbocycles. The third kappa shape index (κ3) is 4.40. The number of Topliss-reactive ketones (excluding diaryl/α,β-unsaturated/α-hetero) is 1. The highest BCUT2D eigenvalue weighted by Gasteiger charge is 2.32. The molecule has 0 unspecified atom stereocenters. The number of halogens is 3. The quantitative estimate of drug-likeness (QED) is 0.556. The molecular weight excluding hydrogens is 405 g/mol. The van der Waals surface area contributed by atoms with Crippen LogP contribution in [0.3, 0.4) is 0 Å². The summed E-state index contributed by atoms with van der Waals surface area (Å²) >= 11 is 0. The van der Waals surface area contributed by atoms with E-state index in [1.807, 2.05) is 47.2 Å². The summed E-state index contributed by atoms with van der Waals surface area (Å²) in [7, 11) is 0. The van der Waals surface area contributed by atoms with Gasteiger partial charge in [0.15, 0.2) is 5.78 Å². The van der Waals surface area contributed by atoms with E-state index in [1.165, 1.54) is 0 Å². The Hall–Kier alpha value is -3.35. The Morgan fingerprint density at radius 1 is 0.903 bits per heavy atom. The van der Waals surface area contributed by atoms with Gasteiger partial charge >= 0.3 is 0 Å². The third-order valence-corrected chi connectivity index (χ3v) is 5.65. The van der Waals surface area contributed by atoms with Gasteiger partial charge in [0.25, 0.3) is 5.91 Å². The molecule has 2 heterocycles. The van der Waals surface area contributed by atoms with Crippen LogP contribution in [0.2, 0.25) is 0 Å². The average Bonchev–Trinajstić information content (AvgIpc) is 3.21. The molecule has 1 aliphatic rings. The van der Waals surface area contributed by atoms with Gasteiger partial charge in [0, 0.05) is 43.9 Å². The number of benzene rings is 2. The summed E-state index contributed by atoms with van der Waals surface area (Å²) in [5.74, 6) is -4.90. The fourth-order valence-electron chi connectivity index (χ4n) is 4.01. The molecule has 7 heteroatoms. The van der Waals surface area contributed by atoms with Gasteiger partial charge < -0.3 is 9.47 Å². The second kappa shape index (κ2) is 8.79. The molecule has 3 aromatic rings. The molecule has 4 nitrogen and oxygen atoms in total. The Bertz CT molecular complexity index is 1080. The lowest BCUT2D eigenvalue weighted by molar-refractivity contribution is 0.0639. The number of aromatic nitrogens is 1. The summed E-state index contributed by atoms with van der Waals surface area (Å²) in [4.78, 5) is 27.3. The molecule has 0 N–H and O–H groups in total. The maximum absolute atomic E-state index is 14.0. The molecule has 1 saturated heterocycles. The SMILES string of the molecule is O=C(c1c(F)cc(F)cc1F)C1CCN(C(=O)c2cccn2Cc2ccccc2)CC1. The molecular formula is C24H21F3N2O2. The predicted octanol–water partition coefficient (Wildman–Crippen LogP) is 4.69. The zero-order chi connectivity index (χ0) is 22.0. The molecule has 0 spiro atoms. The summed E-state index contributed by atoms with van der Waals surface area (Å²) in [6, 6.07) is 14.4. The fourth-order valence-corrected chi connectivity index (χ4v) is 4.01. The number of carbonyl (C=O) groups excluding carboxylic acids is 2. The van der Waals surface area contributed by atoms with Gasteiger partial charge in [-0.2, -0.15) is 0 Å². The van der Waals surface area contributed by atoms with Crippen LogP contribution in [0.4, 0.5) is 13.2 Å². The van der Waals surface area contributed by atoms with Crippen LogP contribution in [0, 0.1) is 23.4 Å². The van der Waals surface area contributed by atoms with Gasteiger partial charge in [0.05, 0.1) is 5.56 Å². The molecule has 160 valence electrons.